The van der Waals surface area contributed by atoms with E-state index in [1.54, 1.807) is 26.4 Å². The van der Waals surface area contributed by atoms with E-state index in [0.717, 1.165) is 16.6 Å². The molecule has 33 heavy (non-hydrogen) atoms. The molecule has 1 amide bonds. The fraction of sp³-hybridized carbons (Fsp3) is 0.148. The summed E-state index contributed by atoms with van der Waals surface area (Å²) in [6, 6.07) is 24.5. The van der Waals surface area contributed by atoms with Crippen LogP contribution < -0.4 is 20.1 Å². The average molecular weight is 443 g/mol. The van der Waals surface area contributed by atoms with Crippen LogP contribution in [0.3, 0.4) is 0 Å². The number of hydrogen-bond acceptors (Lipinski definition) is 5. The third-order valence-electron chi connectivity index (χ3n) is 5.45. The Morgan fingerprint density at radius 1 is 0.848 bits per heavy atom. The zero-order valence-corrected chi connectivity index (χ0v) is 18.6. The monoisotopic (exact) mass is 442 g/mol. The van der Waals surface area contributed by atoms with E-state index in [1.165, 1.54) is 0 Å². The third-order valence-corrected chi connectivity index (χ3v) is 5.45. The van der Waals surface area contributed by atoms with Gasteiger partial charge in [0.15, 0.2) is 11.5 Å². The molecule has 0 saturated heterocycles. The second kappa shape index (κ2) is 9.96. The van der Waals surface area contributed by atoms with E-state index in [1.807, 2.05) is 66.7 Å². The quantitative estimate of drug-likeness (QED) is 0.343. The van der Waals surface area contributed by atoms with Gasteiger partial charge in [0.05, 0.1) is 20.6 Å². The molecule has 0 aliphatic rings. The number of hydrogen-bond donors (Lipinski definition) is 3. The molecule has 3 N–H and O–H groups in total. The van der Waals surface area contributed by atoms with Crippen LogP contribution in [0.25, 0.3) is 10.8 Å². The van der Waals surface area contributed by atoms with Crippen molar-refractivity contribution < 1.29 is 19.4 Å². The van der Waals surface area contributed by atoms with E-state index in [-0.39, 0.29) is 18.1 Å². The minimum absolute atomic E-state index is 0.00563. The van der Waals surface area contributed by atoms with Gasteiger partial charge >= 0.3 is 0 Å². The number of carbonyl (C=O) groups is 1. The van der Waals surface area contributed by atoms with E-state index in [4.69, 9.17) is 9.47 Å². The zero-order valence-electron chi connectivity index (χ0n) is 18.6. The second-order valence-corrected chi connectivity index (χ2v) is 7.60. The van der Waals surface area contributed by atoms with Crippen molar-refractivity contribution in [3.63, 3.8) is 0 Å². The largest absolute Gasteiger partial charge is 0.508 e. The predicted molar refractivity (Wildman–Crippen MR) is 131 cm³/mol. The summed E-state index contributed by atoms with van der Waals surface area (Å²) in [7, 11) is 3.14. The Kier molecular flexibility index (Phi) is 6.64. The molecular weight excluding hydrogens is 416 g/mol. The maximum atomic E-state index is 12.8. The molecule has 4 rings (SSSR count). The van der Waals surface area contributed by atoms with E-state index in [2.05, 4.69) is 10.6 Å². The van der Waals surface area contributed by atoms with Gasteiger partial charge in [-0.25, -0.2) is 0 Å². The van der Waals surface area contributed by atoms with Crippen molar-refractivity contribution in [2.75, 3.05) is 24.9 Å². The molecule has 4 aromatic carbocycles. The molecule has 0 aliphatic carbocycles. The molecule has 0 spiro atoms. The maximum absolute atomic E-state index is 12.8. The highest BCUT2D eigenvalue weighted by molar-refractivity contribution is 6.03. The van der Waals surface area contributed by atoms with E-state index < -0.39 is 0 Å². The first-order valence-electron chi connectivity index (χ1n) is 10.6. The van der Waals surface area contributed by atoms with Crippen LogP contribution in [0.5, 0.6) is 17.2 Å². The number of ether oxygens (including phenoxy) is 2. The lowest BCUT2D eigenvalue weighted by atomic mass is 9.98. The van der Waals surface area contributed by atoms with Gasteiger partial charge in [0.1, 0.15) is 5.75 Å². The first-order chi connectivity index (χ1) is 16.1. The van der Waals surface area contributed by atoms with Crippen molar-refractivity contribution in [3.05, 3.63) is 90.0 Å². The summed E-state index contributed by atoms with van der Waals surface area (Å²) in [6.07, 6.45) is 0.00563. The van der Waals surface area contributed by atoms with Crippen molar-refractivity contribution in [2.24, 2.45) is 0 Å². The molecule has 6 nitrogen and oxygen atoms in total. The minimum Gasteiger partial charge on any atom is -0.508 e. The first-order valence-corrected chi connectivity index (χ1v) is 10.6. The number of aromatic hydroxyl groups is 1. The van der Waals surface area contributed by atoms with Gasteiger partial charge in [-0.2, -0.15) is 0 Å². The molecule has 0 heterocycles. The number of methoxy groups -OCH3 is 2. The highest BCUT2D eigenvalue weighted by Crippen LogP contribution is 2.41. The highest BCUT2D eigenvalue weighted by Gasteiger charge is 2.18. The standard InChI is InChI=1S/C27H26N2O4/c1-32-25-13-20-21(14-26(25)33-2)23(28-17-18-9-5-3-6-10-18)16-24(30)22(20)15-27(31)29-19-11-7-4-8-12-19/h3-14,16,28,30H,15,17H2,1-2H3,(H,29,31). The average Bonchev–Trinajstić information content (AvgIpc) is 2.85. The van der Waals surface area contributed by atoms with Gasteiger partial charge in [-0.1, -0.05) is 48.5 Å². The molecular formula is C27H26N2O4. The summed E-state index contributed by atoms with van der Waals surface area (Å²) in [4.78, 5) is 12.8. The van der Waals surface area contributed by atoms with Crippen LogP contribution in [-0.4, -0.2) is 25.2 Å². The van der Waals surface area contributed by atoms with Crippen LogP contribution in [0, 0.1) is 0 Å². The number of carbonyl (C=O) groups excluding carboxylic acids is 1. The van der Waals surface area contributed by atoms with Gasteiger partial charge in [-0.3, -0.25) is 4.79 Å². The summed E-state index contributed by atoms with van der Waals surface area (Å²) < 4.78 is 11.0. The number of para-hydroxylation sites is 1. The number of nitrogens with one attached hydrogen (secondary N) is 2. The normalized spacial score (nSPS) is 10.6. The molecule has 0 radical (unpaired) electrons. The van der Waals surface area contributed by atoms with Crippen molar-refractivity contribution >= 4 is 28.1 Å². The summed E-state index contributed by atoms with van der Waals surface area (Å²) in [5, 5.41) is 18.7. The lowest BCUT2D eigenvalue weighted by Gasteiger charge is -2.18. The minimum atomic E-state index is -0.224. The fourth-order valence-corrected chi connectivity index (χ4v) is 3.80. The number of benzene rings is 4. The number of amides is 1. The Hall–Kier alpha value is -4.19. The first kappa shape index (κ1) is 22.0. The Bertz CT molecular complexity index is 1260. The van der Waals surface area contributed by atoms with Crippen molar-refractivity contribution in [1.82, 2.24) is 0 Å². The van der Waals surface area contributed by atoms with Crippen LogP contribution in [-0.2, 0) is 17.8 Å². The maximum Gasteiger partial charge on any atom is 0.228 e. The summed E-state index contributed by atoms with van der Waals surface area (Å²) in [5.41, 5.74) is 3.06. The topological polar surface area (TPSA) is 79.8 Å². The molecule has 4 aromatic rings. The van der Waals surface area contributed by atoms with Crippen LogP contribution in [0.4, 0.5) is 11.4 Å². The number of rotatable bonds is 8. The van der Waals surface area contributed by atoms with E-state index >= 15 is 0 Å². The second-order valence-electron chi connectivity index (χ2n) is 7.60. The van der Waals surface area contributed by atoms with Crippen LogP contribution in [0.2, 0.25) is 0 Å². The van der Waals surface area contributed by atoms with Crippen LogP contribution >= 0.6 is 0 Å². The Morgan fingerprint density at radius 3 is 2.09 bits per heavy atom. The SMILES string of the molecule is COc1cc2c(NCc3ccccc3)cc(O)c(CC(=O)Nc3ccccc3)c2cc1OC. The highest BCUT2D eigenvalue weighted by atomic mass is 16.5. The van der Waals surface area contributed by atoms with Crippen molar-refractivity contribution in [1.29, 1.82) is 0 Å². The van der Waals surface area contributed by atoms with Crippen molar-refractivity contribution in [3.8, 4) is 17.2 Å². The van der Waals surface area contributed by atoms with Crippen LogP contribution in [0.15, 0.2) is 78.9 Å². The van der Waals surface area contributed by atoms with Gasteiger partial charge in [0.2, 0.25) is 5.91 Å². The molecule has 0 bridgehead atoms. The smallest absolute Gasteiger partial charge is 0.228 e. The molecule has 0 aromatic heterocycles. The van der Waals surface area contributed by atoms with Gasteiger partial charge in [0, 0.05) is 34.9 Å². The molecule has 0 atom stereocenters. The Labute approximate surface area is 192 Å². The zero-order chi connectivity index (χ0) is 23.2. The summed E-state index contributed by atoms with van der Waals surface area (Å²) in [6.45, 7) is 0.581. The van der Waals surface area contributed by atoms with Gasteiger partial charge in [-0.15, -0.1) is 0 Å². The molecule has 0 unspecified atom stereocenters. The molecule has 0 saturated carbocycles. The molecule has 168 valence electrons. The third kappa shape index (κ3) is 5.01. The number of fused-ring (bicyclic) bond motifs is 1. The fourth-order valence-electron chi connectivity index (χ4n) is 3.80. The Balaban J connectivity index is 1.73. The van der Waals surface area contributed by atoms with E-state index in [9.17, 15) is 9.90 Å². The predicted octanol–water partition coefficient (Wildman–Crippen LogP) is 5.36. The summed E-state index contributed by atoms with van der Waals surface area (Å²) in [5.74, 6) is 0.901. The van der Waals surface area contributed by atoms with E-state index in [0.29, 0.717) is 34.7 Å². The van der Waals surface area contributed by atoms with Crippen molar-refractivity contribution in [2.45, 2.75) is 13.0 Å². The molecule has 6 heteroatoms. The summed E-state index contributed by atoms with van der Waals surface area (Å²) >= 11 is 0. The lowest BCUT2D eigenvalue weighted by Crippen LogP contribution is -2.15. The number of phenolic OH excluding ortho intramolecular Hbond substituents is 1. The number of anilines is 2. The molecule has 0 fully saturated rings. The number of phenols is 1. The lowest BCUT2D eigenvalue weighted by molar-refractivity contribution is -0.115. The molecule has 0 aliphatic heterocycles. The van der Waals surface area contributed by atoms with Gasteiger partial charge < -0.3 is 25.2 Å². The van der Waals surface area contributed by atoms with Gasteiger partial charge in [0.25, 0.3) is 0 Å². The van der Waals surface area contributed by atoms with Crippen LogP contribution in [0.1, 0.15) is 11.1 Å². The van der Waals surface area contributed by atoms with Gasteiger partial charge in [-0.05, 0) is 35.2 Å². The Morgan fingerprint density at radius 2 is 1.45 bits per heavy atom.